The number of amides is 1. The normalized spacial score (nSPS) is 12.2. The van der Waals surface area contributed by atoms with E-state index in [-0.39, 0.29) is 11.7 Å². The van der Waals surface area contributed by atoms with Crippen LogP contribution in [-0.2, 0) is 7.05 Å². The molecule has 0 saturated heterocycles. The van der Waals surface area contributed by atoms with Crippen LogP contribution in [0.5, 0.6) is 5.75 Å². The molecule has 0 radical (unpaired) electrons. The van der Waals surface area contributed by atoms with E-state index in [0.29, 0.717) is 10.4 Å². The third-order valence-electron chi connectivity index (χ3n) is 4.25. The maximum atomic E-state index is 12.7. The van der Waals surface area contributed by atoms with Gasteiger partial charge in [-0.1, -0.05) is 23.5 Å². The molecule has 5 nitrogen and oxygen atoms in total. The number of para-hydroxylation sites is 1. The van der Waals surface area contributed by atoms with Crippen LogP contribution in [0.4, 0.5) is 0 Å². The Morgan fingerprint density at radius 3 is 2.80 bits per heavy atom. The molecule has 2 aromatic carbocycles. The summed E-state index contributed by atoms with van der Waals surface area (Å²) >= 11 is 1.48. The van der Waals surface area contributed by atoms with Gasteiger partial charge in [0.15, 0.2) is 10.6 Å². The summed E-state index contributed by atoms with van der Waals surface area (Å²) < 4.78 is 14.0. The minimum Gasteiger partial charge on any atom is -0.497 e. The van der Waals surface area contributed by atoms with E-state index in [1.807, 2.05) is 54.9 Å². The lowest BCUT2D eigenvalue weighted by atomic mass is 10.1. The highest BCUT2D eigenvalue weighted by molar-refractivity contribution is 7.16. The van der Waals surface area contributed by atoms with Gasteiger partial charge in [0.25, 0.3) is 0 Å². The number of methoxy groups -OCH3 is 1. The summed E-state index contributed by atoms with van der Waals surface area (Å²) in [7, 11) is 3.51. The molecule has 4 aromatic rings. The van der Waals surface area contributed by atoms with E-state index in [2.05, 4.69) is 4.99 Å². The molecule has 2 aromatic heterocycles. The van der Waals surface area contributed by atoms with E-state index in [1.165, 1.54) is 11.3 Å². The van der Waals surface area contributed by atoms with Crippen molar-refractivity contribution < 1.29 is 13.9 Å². The Labute approximate surface area is 147 Å². The molecule has 1 amide bonds. The Morgan fingerprint density at radius 2 is 2.04 bits per heavy atom. The van der Waals surface area contributed by atoms with Crippen LogP contribution in [0.3, 0.4) is 0 Å². The van der Waals surface area contributed by atoms with Gasteiger partial charge in [0.1, 0.15) is 11.3 Å². The fraction of sp³-hybridized carbons (Fsp3) is 0.158. The first-order valence-corrected chi connectivity index (χ1v) is 8.61. The Bertz CT molecular complexity index is 1180. The van der Waals surface area contributed by atoms with Gasteiger partial charge >= 0.3 is 5.91 Å². The summed E-state index contributed by atoms with van der Waals surface area (Å²) in [5.41, 5.74) is 2.47. The third kappa shape index (κ3) is 2.55. The number of carbonyl (C=O) groups is 1. The summed E-state index contributed by atoms with van der Waals surface area (Å²) in [6, 6.07) is 13.4. The number of hydrogen-bond donors (Lipinski definition) is 0. The fourth-order valence-electron chi connectivity index (χ4n) is 2.86. The molecule has 4 rings (SSSR count). The lowest BCUT2D eigenvalue weighted by Gasteiger charge is -1.97. The van der Waals surface area contributed by atoms with Crippen LogP contribution < -0.4 is 9.54 Å². The van der Waals surface area contributed by atoms with Gasteiger partial charge in [-0.15, -0.1) is 0 Å². The standard InChI is InChI=1S/C19H16N2O3S/c1-11-13-10-12(23-3)8-9-15(13)24-17(11)18(22)20-19-21(2)14-6-4-5-7-16(14)25-19/h4-10H,1-3H3. The number of thiazole rings is 1. The SMILES string of the molecule is COc1ccc2oc(C(=O)N=c3sc4ccccc4n3C)c(C)c2c1. The molecule has 0 aliphatic rings. The zero-order chi connectivity index (χ0) is 17.6. The van der Waals surface area contributed by atoms with Crippen LogP contribution in [0.1, 0.15) is 16.1 Å². The van der Waals surface area contributed by atoms with Crippen molar-refractivity contribution >= 4 is 38.4 Å². The van der Waals surface area contributed by atoms with Crippen LogP contribution in [0.2, 0.25) is 0 Å². The van der Waals surface area contributed by atoms with Gasteiger partial charge in [-0.3, -0.25) is 4.79 Å². The second-order valence-corrected chi connectivity index (χ2v) is 6.76. The molecule has 25 heavy (non-hydrogen) atoms. The molecule has 0 aliphatic heterocycles. The molecule has 0 aliphatic carbocycles. The van der Waals surface area contributed by atoms with Crippen molar-refractivity contribution in [2.75, 3.05) is 7.11 Å². The number of benzene rings is 2. The van der Waals surface area contributed by atoms with Gasteiger partial charge in [-0.2, -0.15) is 4.99 Å². The van der Waals surface area contributed by atoms with Crippen molar-refractivity contribution in [2.24, 2.45) is 12.0 Å². The number of rotatable bonds is 2. The predicted octanol–water partition coefficient (Wildman–Crippen LogP) is 4.04. The second-order valence-electron chi connectivity index (χ2n) is 5.75. The number of aryl methyl sites for hydroxylation is 2. The Kier molecular flexibility index (Phi) is 3.69. The third-order valence-corrected chi connectivity index (χ3v) is 5.36. The quantitative estimate of drug-likeness (QED) is 0.547. The zero-order valence-corrected chi connectivity index (χ0v) is 14.9. The van der Waals surface area contributed by atoms with E-state index < -0.39 is 0 Å². The molecule has 0 unspecified atom stereocenters. The maximum absolute atomic E-state index is 12.7. The molecular formula is C19H16N2O3S. The molecule has 0 fully saturated rings. The van der Waals surface area contributed by atoms with Gasteiger partial charge in [0, 0.05) is 18.0 Å². The van der Waals surface area contributed by atoms with Crippen molar-refractivity contribution in [1.29, 1.82) is 0 Å². The molecule has 0 atom stereocenters. The number of hydrogen-bond acceptors (Lipinski definition) is 4. The second kappa shape index (κ2) is 5.89. The Hall–Kier alpha value is -2.86. The largest absolute Gasteiger partial charge is 0.497 e. The fourth-order valence-corrected chi connectivity index (χ4v) is 3.87. The van der Waals surface area contributed by atoms with Crippen molar-refractivity contribution in [3.8, 4) is 5.75 Å². The summed E-state index contributed by atoms with van der Waals surface area (Å²) in [6.45, 7) is 1.86. The molecule has 2 heterocycles. The topological polar surface area (TPSA) is 56.7 Å². The van der Waals surface area contributed by atoms with Gasteiger partial charge < -0.3 is 13.7 Å². The molecule has 0 saturated carbocycles. The molecule has 126 valence electrons. The van der Waals surface area contributed by atoms with Crippen LogP contribution >= 0.6 is 11.3 Å². The lowest BCUT2D eigenvalue weighted by molar-refractivity contribution is 0.0973. The van der Waals surface area contributed by atoms with E-state index in [9.17, 15) is 4.79 Å². The molecule has 6 heteroatoms. The minimum atomic E-state index is -0.380. The van der Waals surface area contributed by atoms with Crippen LogP contribution in [-0.4, -0.2) is 17.6 Å². The summed E-state index contributed by atoms with van der Waals surface area (Å²) in [5, 5.41) is 0.860. The van der Waals surface area contributed by atoms with Gasteiger partial charge in [0.2, 0.25) is 0 Å². The molecule has 0 N–H and O–H groups in total. The highest BCUT2D eigenvalue weighted by atomic mass is 32.1. The summed E-state index contributed by atoms with van der Waals surface area (Å²) in [4.78, 5) is 17.6. The number of aromatic nitrogens is 1. The summed E-state index contributed by atoms with van der Waals surface area (Å²) in [5.74, 6) is 0.610. The first kappa shape index (κ1) is 15.7. The monoisotopic (exact) mass is 352 g/mol. The number of carbonyl (C=O) groups excluding carboxylic acids is 1. The minimum absolute atomic E-state index is 0.265. The van der Waals surface area contributed by atoms with Crippen LogP contribution in [0.25, 0.3) is 21.2 Å². The van der Waals surface area contributed by atoms with Gasteiger partial charge in [-0.25, -0.2) is 0 Å². The Morgan fingerprint density at radius 1 is 1.24 bits per heavy atom. The van der Waals surface area contributed by atoms with Gasteiger partial charge in [-0.05, 0) is 37.3 Å². The Balaban J connectivity index is 1.84. The molecular weight excluding hydrogens is 336 g/mol. The zero-order valence-electron chi connectivity index (χ0n) is 14.1. The lowest BCUT2D eigenvalue weighted by Crippen LogP contribution is -2.13. The molecule has 0 spiro atoms. The highest BCUT2D eigenvalue weighted by Gasteiger charge is 2.18. The predicted molar refractivity (Wildman–Crippen MR) is 98.2 cm³/mol. The first-order valence-electron chi connectivity index (χ1n) is 7.79. The smallest absolute Gasteiger partial charge is 0.315 e. The number of ether oxygens (including phenoxy) is 1. The van der Waals surface area contributed by atoms with Crippen LogP contribution in [0.15, 0.2) is 51.9 Å². The molecule has 0 bridgehead atoms. The first-order chi connectivity index (χ1) is 12.1. The van der Waals surface area contributed by atoms with Crippen molar-refractivity contribution in [2.45, 2.75) is 6.92 Å². The average molecular weight is 352 g/mol. The highest BCUT2D eigenvalue weighted by Crippen LogP contribution is 2.29. The van der Waals surface area contributed by atoms with E-state index in [4.69, 9.17) is 9.15 Å². The van der Waals surface area contributed by atoms with Crippen molar-refractivity contribution in [3.05, 3.63) is 58.6 Å². The van der Waals surface area contributed by atoms with E-state index in [1.54, 1.807) is 13.2 Å². The summed E-state index contributed by atoms with van der Waals surface area (Å²) in [6.07, 6.45) is 0. The van der Waals surface area contributed by atoms with E-state index >= 15 is 0 Å². The van der Waals surface area contributed by atoms with Gasteiger partial charge in [0.05, 0.1) is 17.3 Å². The number of nitrogens with zero attached hydrogens (tertiary/aromatic N) is 2. The van der Waals surface area contributed by atoms with Crippen molar-refractivity contribution in [1.82, 2.24) is 4.57 Å². The van der Waals surface area contributed by atoms with E-state index in [0.717, 1.165) is 26.9 Å². The average Bonchev–Trinajstić information content (AvgIpc) is 3.13. The maximum Gasteiger partial charge on any atom is 0.315 e. The number of fused-ring (bicyclic) bond motifs is 2. The number of furan rings is 1. The van der Waals surface area contributed by atoms with Crippen LogP contribution in [0, 0.1) is 6.92 Å². The van der Waals surface area contributed by atoms with Crippen molar-refractivity contribution in [3.63, 3.8) is 0 Å².